The zero-order valence-corrected chi connectivity index (χ0v) is 13.7. The lowest BCUT2D eigenvalue weighted by Gasteiger charge is -2.15. The summed E-state index contributed by atoms with van der Waals surface area (Å²) in [5.41, 5.74) is 1.96. The van der Waals surface area contributed by atoms with Crippen molar-refractivity contribution in [3.8, 4) is 11.5 Å². The molecule has 1 N–H and O–H groups in total. The Balaban J connectivity index is 1.84. The average Bonchev–Trinajstić information content (AvgIpc) is 3.29. The van der Waals surface area contributed by atoms with Crippen LogP contribution in [0.4, 0.5) is 5.69 Å². The van der Waals surface area contributed by atoms with E-state index in [1.54, 1.807) is 12.4 Å². The Morgan fingerprint density at radius 1 is 1.33 bits per heavy atom. The molecule has 4 rings (SSSR count). The van der Waals surface area contributed by atoms with Crippen molar-refractivity contribution in [3.05, 3.63) is 41.1 Å². The molecule has 1 aliphatic rings. The van der Waals surface area contributed by atoms with Crippen molar-refractivity contribution in [2.45, 2.75) is 45.2 Å². The van der Waals surface area contributed by atoms with Crippen molar-refractivity contribution >= 4 is 16.7 Å². The maximum atomic E-state index is 12.9. The first-order chi connectivity index (χ1) is 11.8. The number of hydrogen-bond donors (Lipinski definition) is 1. The van der Waals surface area contributed by atoms with Gasteiger partial charge in [0.25, 0.3) is 0 Å². The Hall–Kier alpha value is -2.63. The van der Waals surface area contributed by atoms with Crippen LogP contribution in [-0.4, -0.2) is 20.6 Å². The van der Waals surface area contributed by atoms with Crippen LogP contribution < -0.4 is 10.7 Å². The van der Waals surface area contributed by atoms with Crippen molar-refractivity contribution in [1.29, 1.82) is 0 Å². The molecule has 124 valence electrons. The minimum Gasteiger partial charge on any atom is -0.444 e. The topological polar surface area (TPSA) is 73.0 Å². The number of aromatic nitrogens is 3. The molecule has 0 amide bonds. The van der Waals surface area contributed by atoms with E-state index in [4.69, 9.17) is 4.42 Å². The van der Waals surface area contributed by atoms with Gasteiger partial charge in [0, 0.05) is 18.8 Å². The lowest BCUT2D eigenvalue weighted by molar-refractivity contribution is 0.573. The molecule has 0 spiro atoms. The molecule has 3 aromatic heterocycles. The third-order valence-electron chi connectivity index (χ3n) is 4.64. The van der Waals surface area contributed by atoms with Crippen LogP contribution >= 0.6 is 0 Å². The maximum absolute atomic E-state index is 12.9. The molecule has 0 unspecified atom stereocenters. The number of rotatable bonds is 4. The highest BCUT2D eigenvalue weighted by Crippen LogP contribution is 2.24. The highest BCUT2D eigenvalue weighted by molar-refractivity contribution is 5.82. The van der Waals surface area contributed by atoms with E-state index in [2.05, 4.69) is 15.3 Å². The second-order valence-electron chi connectivity index (χ2n) is 6.22. The van der Waals surface area contributed by atoms with Crippen molar-refractivity contribution in [1.82, 2.24) is 14.5 Å². The fourth-order valence-electron chi connectivity index (χ4n) is 3.41. The van der Waals surface area contributed by atoms with E-state index in [9.17, 15) is 4.79 Å². The Labute approximate surface area is 139 Å². The summed E-state index contributed by atoms with van der Waals surface area (Å²) in [6.45, 7) is 2.74. The van der Waals surface area contributed by atoms with Crippen LogP contribution in [0.25, 0.3) is 22.5 Å². The number of pyridine rings is 2. The highest BCUT2D eigenvalue weighted by Gasteiger charge is 2.17. The van der Waals surface area contributed by atoms with Gasteiger partial charge in [0.05, 0.1) is 23.5 Å². The molecule has 0 radical (unpaired) electrons. The van der Waals surface area contributed by atoms with E-state index >= 15 is 0 Å². The van der Waals surface area contributed by atoms with Crippen molar-refractivity contribution in [2.24, 2.45) is 0 Å². The number of nitrogens with one attached hydrogen (secondary N) is 1. The first-order valence-corrected chi connectivity index (χ1v) is 8.46. The molecule has 0 atom stereocenters. The van der Waals surface area contributed by atoms with Crippen LogP contribution in [0, 0.1) is 0 Å². The first kappa shape index (κ1) is 14.9. The summed E-state index contributed by atoms with van der Waals surface area (Å²) in [6, 6.07) is 2.38. The van der Waals surface area contributed by atoms with Gasteiger partial charge in [0.2, 0.25) is 11.3 Å². The maximum Gasteiger partial charge on any atom is 0.231 e. The van der Waals surface area contributed by atoms with Gasteiger partial charge in [-0.15, -0.1) is 0 Å². The molecule has 3 heterocycles. The Morgan fingerprint density at radius 3 is 2.88 bits per heavy atom. The third kappa shape index (κ3) is 2.58. The van der Waals surface area contributed by atoms with E-state index in [-0.39, 0.29) is 5.43 Å². The highest BCUT2D eigenvalue weighted by atomic mass is 16.3. The summed E-state index contributed by atoms with van der Waals surface area (Å²) in [6.07, 6.45) is 11.5. The summed E-state index contributed by atoms with van der Waals surface area (Å²) in [5.74, 6) is 0.346. The van der Waals surface area contributed by atoms with Crippen molar-refractivity contribution in [3.63, 3.8) is 0 Å². The zero-order valence-electron chi connectivity index (χ0n) is 13.7. The van der Waals surface area contributed by atoms with Crippen LogP contribution in [-0.2, 0) is 6.54 Å². The molecule has 0 saturated heterocycles. The van der Waals surface area contributed by atoms with E-state index in [1.807, 2.05) is 23.8 Å². The van der Waals surface area contributed by atoms with Crippen LogP contribution in [0.15, 0.2) is 40.1 Å². The van der Waals surface area contributed by atoms with E-state index in [1.165, 1.54) is 31.9 Å². The van der Waals surface area contributed by atoms with Crippen LogP contribution in [0.5, 0.6) is 0 Å². The lowest BCUT2D eigenvalue weighted by atomic mass is 10.1. The second kappa shape index (κ2) is 6.11. The number of fused-ring (bicyclic) bond motifs is 1. The van der Waals surface area contributed by atoms with Gasteiger partial charge in [-0.2, -0.15) is 0 Å². The minimum atomic E-state index is -0.0975. The van der Waals surface area contributed by atoms with Gasteiger partial charge in [0.1, 0.15) is 17.5 Å². The van der Waals surface area contributed by atoms with Crippen LogP contribution in [0.3, 0.4) is 0 Å². The largest absolute Gasteiger partial charge is 0.444 e. The summed E-state index contributed by atoms with van der Waals surface area (Å²) in [4.78, 5) is 21.5. The molecule has 1 aliphatic carbocycles. The molecule has 0 bridgehead atoms. The number of hydrogen-bond acceptors (Lipinski definition) is 5. The number of anilines is 1. The van der Waals surface area contributed by atoms with E-state index in [0.29, 0.717) is 35.1 Å². The predicted molar refractivity (Wildman–Crippen MR) is 93.1 cm³/mol. The average molecular weight is 324 g/mol. The fraction of sp³-hybridized carbons (Fsp3) is 0.389. The Morgan fingerprint density at radius 2 is 2.17 bits per heavy atom. The normalized spacial score (nSPS) is 15.2. The van der Waals surface area contributed by atoms with Crippen molar-refractivity contribution in [2.75, 3.05) is 5.32 Å². The Bertz CT molecular complexity index is 909. The van der Waals surface area contributed by atoms with Crippen molar-refractivity contribution < 1.29 is 4.42 Å². The van der Waals surface area contributed by atoms with E-state index in [0.717, 1.165) is 5.69 Å². The van der Waals surface area contributed by atoms with Gasteiger partial charge < -0.3 is 14.3 Å². The molecule has 3 aromatic rings. The fourth-order valence-corrected chi connectivity index (χ4v) is 3.41. The quantitative estimate of drug-likeness (QED) is 0.796. The number of nitrogens with zero attached hydrogens (tertiary/aromatic N) is 3. The smallest absolute Gasteiger partial charge is 0.231 e. The first-order valence-electron chi connectivity index (χ1n) is 8.46. The third-order valence-corrected chi connectivity index (χ3v) is 4.64. The molecule has 6 heteroatoms. The molecule has 6 nitrogen and oxygen atoms in total. The van der Waals surface area contributed by atoms with Crippen LogP contribution in [0.1, 0.15) is 32.6 Å². The van der Waals surface area contributed by atoms with Gasteiger partial charge in [-0.3, -0.25) is 4.79 Å². The van der Waals surface area contributed by atoms with Crippen LogP contribution in [0.2, 0.25) is 0 Å². The summed E-state index contributed by atoms with van der Waals surface area (Å²) < 4.78 is 7.28. The van der Waals surface area contributed by atoms with Gasteiger partial charge in [-0.05, 0) is 25.8 Å². The Kier molecular flexibility index (Phi) is 3.80. The van der Waals surface area contributed by atoms with Gasteiger partial charge >= 0.3 is 0 Å². The molecule has 0 aromatic carbocycles. The monoisotopic (exact) mass is 324 g/mol. The standard InChI is InChI=1S/C18H20N4O2/c1-2-22-11-15(18-19-7-8-24-18)16(23)14-9-13(10-20-17(14)22)21-12-5-3-4-6-12/h7-12,21H,2-6H2,1H3. The SMILES string of the molecule is CCn1cc(-c2ncco2)c(=O)c2cc(NC3CCCC3)cnc21. The molecule has 0 aliphatic heterocycles. The zero-order chi connectivity index (χ0) is 16.5. The molecule has 1 saturated carbocycles. The number of aryl methyl sites for hydroxylation is 1. The van der Waals surface area contributed by atoms with Gasteiger partial charge in [-0.1, -0.05) is 12.8 Å². The van der Waals surface area contributed by atoms with Gasteiger partial charge in [-0.25, -0.2) is 9.97 Å². The summed E-state index contributed by atoms with van der Waals surface area (Å²) >= 11 is 0. The van der Waals surface area contributed by atoms with Gasteiger partial charge in [0.15, 0.2) is 0 Å². The number of oxazole rings is 1. The lowest BCUT2D eigenvalue weighted by Crippen LogP contribution is -2.17. The molecule has 1 fully saturated rings. The second-order valence-corrected chi connectivity index (χ2v) is 6.22. The molecule has 24 heavy (non-hydrogen) atoms. The van der Waals surface area contributed by atoms with E-state index < -0.39 is 0 Å². The predicted octanol–water partition coefficient (Wildman–Crippen LogP) is 3.43. The summed E-state index contributed by atoms with van der Waals surface area (Å²) in [5, 5.41) is 4.10. The summed E-state index contributed by atoms with van der Waals surface area (Å²) in [7, 11) is 0. The minimum absolute atomic E-state index is 0.0975. The molecular formula is C18H20N4O2. The molecular weight excluding hydrogens is 304 g/mol.